The third-order valence-electron chi connectivity index (χ3n) is 5.05. The van der Waals surface area contributed by atoms with Crippen LogP contribution < -0.4 is 4.90 Å². The molecule has 0 bridgehead atoms. The molecule has 1 amide bonds. The molecule has 2 aromatic carbocycles. The van der Waals surface area contributed by atoms with E-state index >= 15 is 0 Å². The van der Waals surface area contributed by atoms with Crippen molar-refractivity contribution in [1.29, 1.82) is 0 Å². The van der Waals surface area contributed by atoms with Crippen LogP contribution in [0.1, 0.15) is 28.2 Å². The first-order valence-corrected chi connectivity index (χ1v) is 9.26. The number of alkyl halides is 2. The van der Waals surface area contributed by atoms with E-state index in [1.54, 1.807) is 42.3 Å². The van der Waals surface area contributed by atoms with Gasteiger partial charge in [0.15, 0.2) is 0 Å². The molecular weight excluding hydrogens is 411 g/mol. The minimum absolute atomic E-state index is 0.0952. The fraction of sp³-hybridized carbons (Fsp3) is 0.143. The fourth-order valence-corrected chi connectivity index (χ4v) is 3.60. The van der Waals surface area contributed by atoms with Crippen LogP contribution in [0.2, 0.25) is 0 Å². The predicted molar refractivity (Wildman–Crippen MR) is 104 cm³/mol. The number of carbonyl (C=O) groups excluding carboxylic acids is 1. The highest BCUT2D eigenvalue weighted by atomic mass is 19.3. The van der Waals surface area contributed by atoms with Gasteiger partial charge in [-0.1, -0.05) is 6.07 Å². The summed E-state index contributed by atoms with van der Waals surface area (Å²) in [5, 5.41) is 11.1. The number of hydrogen-bond donors (Lipinski definition) is 0. The Labute approximate surface area is 173 Å². The Morgan fingerprint density at radius 3 is 2.61 bits per heavy atom. The second kappa shape index (κ2) is 7.08. The third-order valence-corrected chi connectivity index (χ3v) is 5.05. The average Bonchev–Trinajstić information content (AvgIpc) is 3.47. The first-order valence-electron chi connectivity index (χ1n) is 9.26. The lowest BCUT2D eigenvalue weighted by molar-refractivity contribution is 0.0996. The van der Waals surface area contributed by atoms with Crippen LogP contribution >= 0.6 is 0 Å². The third kappa shape index (κ3) is 3.25. The van der Waals surface area contributed by atoms with Crippen LogP contribution in [0, 0.1) is 5.82 Å². The van der Waals surface area contributed by atoms with Crippen molar-refractivity contribution in [2.45, 2.75) is 13.0 Å². The van der Waals surface area contributed by atoms with Gasteiger partial charge < -0.3 is 9.32 Å². The molecule has 0 aliphatic carbocycles. The standard InChI is InChI=1S/C21H14F3N5O2/c1-28-9-13(8-25-28)15-7-14(22)4-5-17(15)29-10-12-3-2-11(6-16(12)21(29)30)19-26-27-20(31-19)18(23)24/h2-9,18H,10H2,1H3. The molecule has 0 N–H and O–H groups in total. The van der Waals surface area contributed by atoms with Crippen molar-refractivity contribution in [2.75, 3.05) is 4.90 Å². The molecule has 0 fully saturated rings. The van der Waals surface area contributed by atoms with Crippen LogP contribution in [0.25, 0.3) is 22.6 Å². The van der Waals surface area contributed by atoms with E-state index in [-0.39, 0.29) is 18.3 Å². The minimum Gasteiger partial charge on any atom is -0.415 e. The molecule has 0 atom stereocenters. The molecule has 0 saturated heterocycles. The van der Waals surface area contributed by atoms with Gasteiger partial charge in [0.1, 0.15) is 5.82 Å². The number of benzene rings is 2. The Bertz CT molecular complexity index is 1310. The zero-order chi connectivity index (χ0) is 21.7. The summed E-state index contributed by atoms with van der Waals surface area (Å²) < 4.78 is 46.0. The van der Waals surface area contributed by atoms with E-state index in [1.807, 2.05) is 0 Å². The number of aryl methyl sites for hydroxylation is 1. The SMILES string of the molecule is Cn1cc(-c2cc(F)ccc2N2Cc3ccc(-c4nnc(C(F)F)o4)cc3C2=O)cn1. The van der Waals surface area contributed by atoms with Gasteiger partial charge in [0.05, 0.1) is 18.4 Å². The molecule has 31 heavy (non-hydrogen) atoms. The molecule has 0 spiro atoms. The number of aromatic nitrogens is 4. The van der Waals surface area contributed by atoms with E-state index in [2.05, 4.69) is 15.3 Å². The van der Waals surface area contributed by atoms with Crippen LogP contribution in [0.5, 0.6) is 0 Å². The normalized spacial score (nSPS) is 13.3. The van der Waals surface area contributed by atoms with Crippen LogP contribution in [-0.4, -0.2) is 25.9 Å². The summed E-state index contributed by atoms with van der Waals surface area (Å²) in [7, 11) is 1.75. The van der Waals surface area contributed by atoms with Crippen molar-refractivity contribution in [3.8, 4) is 22.6 Å². The van der Waals surface area contributed by atoms with E-state index in [9.17, 15) is 18.0 Å². The second-order valence-corrected chi connectivity index (χ2v) is 7.07. The van der Waals surface area contributed by atoms with E-state index in [0.29, 0.717) is 27.9 Å². The molecule has 0 saturated carbocycles. The number of fused-ring (bicyclic) bond motifs is 1. The summed E-state index contributed by atoms with van der Waals surface area (Å²) in [5.41, 5.74) is 3.23. The Morgan fingerprint density at radius 1 is 1.06 bits per heavy atom. The fourth-order valence-electron chi connectivity index (χ4n) is 3.60. The highest BCUT2D eigenvalue weighted by Gasteiger charge is 2.31. The summed E-state index contributed by atoms with van der Waals surface area (Å²) in [6.45, 7) is 0.277. The van der Waals surface area contributed by atoms with E-state index in [4.69, 9.17) is 4.42 Å². The van der Waals surface area contributed by atoms with Crippen LogP contribution in [0.15, 0.2) is 53.2 Å². The van der Waals surface area contributed by atoms with Crippen molar-refractivity contribution in [2.24, 2.45) is 7.05 Å². The van der Waals surface area contributed by atoms with Crippen molar-refractivity contribution < 1.29 is 22.4 Å². The van der Waals surface area contributed by atoms with Crippen molar-refractivity contribution >= 4 is 11.6 Å². The molecule has 0 radical (unpaired) electrons. The molecular formula is C21H14F3N5O2. The Morgan fingerprint density at radius 2 is 1.90 bits per heavy atom. The lowest BCUT2D eigenvalue weighted by Crippen LogP contribution is -2.23. The van der Waals surface area contributed by atoms with E-state index in [0.717, 1.165) is 5.56 Å². The summed E-state index contributed by atoms with van der Waals surface area (Å²) in [6, 6.07) is 9.08. The van der Waals surface area contributed by atoms with Gasteiger partial charge in [0, 0.05) is 35.5 Å². The highest BCUT2D eigenvalue weighted by Crippen LogP contribution is 2.37. The van der Waals surface area contributed by atoms with Gasteiger partial charge in [-0.15, -0.1) is 10.2 Å². The maximum Gasteiger partial charge on any atom is 0.314 e. The molecule has 156 valence electrons. The summed E-state index contributed by atoms with van der Waals surface area (Å²) >= 11 is 0. The van der Waals surface area contributed by atoms with Gasteiger partial charge in [-0.05, 0) is 35.9 Å². The topological polar surface area (TPSA) is 77.0 Å². The molecule has 0 unspecified atom stereocenters. The summed E-state index contributed by atoms with van der Waals surface area (Å²) in [5.74, 6) is -1.61. The smallest absolute Gasteiger partial charge is 0.314 e. The van der Waals surface area contributed by atoms with Gasteiger partial charge >= 0.3 is 6.43 Å². The van der Waals surface area contributed by atoms with Crippen molar-refractivity contribution in [1.82, 2.24) is 20.0 Å². The Balaban J connectivity index is 1.52. The highest BCUT2D eigenvalue weighted by molar-refractivity contribution is 6.12. The van der Waals surface area contributed by atoms with Crippen molar-refractivity contribution in [3.63, 3.8) is 0 Å². The number of rotatable bonds is 4. The number of amides is 1. The molecule has 10 heteroatoms. The van der Waals surface area contributed by atoms with E-state index < -0.39 is 18.1 Å². The minimum atomic E-state index is -2.88. The van der Waals surface area contributed by atoms with Gasteiger partial charge in [-0.25, -0.2) is 4.39 Å². The van der Waals surface area contributed by atoms with E-state index in [1.165, 1.54) is 23.1 Å². The van der Waals surface area contributed by atoms with Gasteiger partial charge in [-0.2, -0.15) is 13.9 Å². The number of hydrogen-bond acceptors (Lipinski definition) is 5. The first-order chi connectivity index (χ1) is 14.9. The molecule has 1 aliphatic heterocycles. The Hall–Kier alpha value is -3.95. The van der Waals surface area contributed by atoms with Crippen LogP contribution in [-0.2, 0) is 13.6 Å². The van der Waals surface area contributed by atoms with Crippen LogP contribution in [0.3, 0.4) is 0 Å². The number of anilines is 1. The van der Waals surface area contributed by atoms with Gasteiger partial charge in [0.25, 0.3) is 11.8 Å². The number of nitrogens with zero attached hydrogens (tertiary/aromatic N) is 5. The Kier molecular flexibility index (Phi) is 4.35. The number of halogens is 3. The predicted octanol–water partition coefficient (Wildman–Crippen LogP) is 4.37. The molecule has 3 heterocycles. The second-order valence-electron chi connectivity index (χ2n) is 7.07. The van der Waals surface area contributed by atoms with Crippen LogP contribution in [0.4, 0.5) is 18.9 Å². The zero-order valence-electron chi connectivity index (χ0n) is 16.1. The van der Waals surface area contributed by atoms with Crippen molar-refractivity contribution in [3.05, 3.63) is 71.6 Å². The maximum absolute atomic E-state index is 14.0. The molecule has 7 nitrogen and oxygen atoms in total. The summed E-state index contributed by atoms with van der Waals surface area (Å²) in [6.07, 6.45) is 0.456. The maximum atomic E-state index is 14.0. The molecule has 5 rings (SSSR count). The average molecular weight is 425 g/mol. The quantitative estimate of drug-likeness (QED) is 0.485. The lowest BCUT2D eigenvalue weighted by atomic mass is 10.1. The molecule has 2 aromatic heterocycles. The lowest BCUT2D eigenvalue weighted by Gasteiger charge is -2.19. The largest absolute Gasteiger partial charge is 0.415 e. The molecule has 4 aromatic rings. The molecule has 1 aliphatic rings. The summed E-state index contributed by atoms with van der Waals surface area (Å²) in [4.78, 5) is 14.7. The first kappa shape index (κ1) is 19.0. The van der Waals surface area contributed by atoms with Gasteiger partial charge in [0.2, 0.25) is 5.89 Å². The zero-order valence-corrected chi connectivity index (χ0v) is 16.1. The number of carbonyl (C=O) groups is 1. The van der Waals surface area contributed by atoms with Gasteiger partial charge in [-0.3, -0.25) is 9.48 Å². The monoisotopic (exact) mass is 425 g/mol.